The number of allylic oxidation sites excluding steroid dienone is 1. The summed E-state index contributed by atoms with van der Waals surface area (Å²) in [5.74, 6) is 3.19. The van der Waals surface area contributed by atoms with Crippen molar-refractivity contribution in [2.24, 2.45) is 16.1 Å². The van der Waals surface area contributed by atoms with Crippen molar-refractivity contribution in [1.29, 1.82) is 0 Å². The molecule has 1 aliphatic heterocycles. The fraction of sp³-hybridized carbons (Fsp3) is 0.667. The van der Waals surface area contributed by atoms with Crippen LogP contribution in [0.15, 0.2) is 22.4 Å². The van der Waals surface area contributed by atoms with Gasteiger partial charge in [-0.15, -0.1) is 12.3 Å². The van der Waals surface area contributed by atoms with E-state index in [-0.39, 0.29) is 5.66 Å². The molecule has 2 nitrogen and oxygen atoms in total. The number of rotatable bonds is 6. The summed E-state index contributed by atoms with van der Waals surface area (Å²) in [7, 11) is 0. The molecule has 14 heavy (non-hydrogen) atoms. The van der Waals surface area contributed by atoms with Crippen LogP contribution in [-0.4, -0.2) is 5.66 Å². The predicted octanol–water partition coefficient (Wildman–Crippen LogP) is 3.55. The standard InChI is InChI=1S/C12H18N2/c1-5-6-8-12(13-14-12)9-7-11(4)10(2)3/h1,10H,4,6-9H2,2-3H3. The zero-order valence-electron chi connectivity index (χ0n) is 9.08. The number of terminal acetylenes is 1. The highest BCUT2D eigenvalue weighted by Gasteiger charge is 2.38. The summed E-state index contributed by atoms with van der Waals surface area (Å²) in [6.45, 7) is 8.37. The molecule has 1 rings (SSSR count). The maximum absolute atomic E-state index is 5.22. The molecule has 0 N–H and O–H groups in total. The van der Waals surface area contributed by atoms with Gasteiger partial charge in [0.1, 0.15) is 0 Å². The van der Waals surface area contributed by atoms with E-state index in [9.17, 15) is 0 Å². The van der Waals surface area contributed by atoms with Gasteiger partial charge in [-0.3, -0.25) is 0 Å². The second-order valence-corrected chi connectivity index (χ2v) is 4.20. The van der Waals surface area contributed by atoms with Gasteiger partial charge in [-0.1, -0.05) is 26.0 Å². The molecule has 1 aliphatic rings. The van der Waals surface area contributed by atoms with Gasteiger partial charge in [0, 0.05) is 19.3 Å². The summed E-state index contributed by atoms with van der Waals surface area (Å²) in [5.41, 5.74) is 1.15. The van der Waals surface area contributed by atoms with E-state index in [1.54, 1.807) is 0 Å². The van der Waals surface area contributed by atoms with Crippen molar-refractivity contribution >= 4 is 0 Å². The van der Waals surface area contributed by atoms with Crippen LogP contribution in [0.25, 0.3) is 0 Å². The first-order valence-corrected chi connectivity index (χ1v) is 5.15. The second-order valence-electron chi connectivity index (χ2n) is 4.20. The summed E-state index contributed by atoms with van der Waals surface area (Å²) in [5, 5.41) is 8.18. The molecule has 0 bridgehead atoms. The van der Waals surface area contributed by atoms with Gasteiger partial charge in [0.25, 0.3) is 0 Å². The van der Waals surface area contributed by atoms with E-state index in [4.69, 9.17) is 6.42 Å². The van der Waals surface area contributed by atoms with E-state index < -0.39 is 0 Å². The van der Waals surface area contributed by atoms with Gasteiger partial charge in [0.2, 0.25) is 0 Å². The quantitative estimate of drug-likeness (QED) is 0.452. The molecule has 0 aromatic heterocycles. The number of hydrogen-bond acceptors (Lipinski definition) is 2. The minimum absolute atomic E-state index is 0.135. The first-order valence-electron chi connectivity index (χ1n) is 5.15. The van der Waals surface area contributed by atoms with Crippen molar-refractivity contribution < 1.29 is 0 Å². The highest BCUT2D eigenvalue weighted by Crippen LogP contribution is 2.38. The molecule has 0 fully saturated rings. The maximum Gasteiger partial charge on any atom is 0.192 e. The van der Waals surface area contributed by atoms with Crippen LogP contribution in [0, 0.1) is 18.3 Å². The molecule has 0 unspecified atom stereocenters. The molecule has 0 atom stereocenters. The lowest BCUT2D eigenvalue weighted by Gasteiger charge is -2.12. The average molecular weight is 190 g/mol. The topological polar surface area (TPSA) is 24.7 Å². The van der Waals surface area contributed by atoms with E-state index in [1.165, 1.54) is 5.57 Å². The molecule has 1 heterocycles. The lowest BCUT2D eigenvalue weighted by molar-refractivity contribution is 0.501. The smallest absolute Gasteiger partial charge is 0.159 e. The Hall–Kier alpha value is -1.10. The molecular formula is C12H18N2. The van der Waals surface area contributed by atoms with Crippen LogP contribution in [-0.2, 0) is 0 Å². The largest absolute Gasteiger partial charge is 0.192 e. The van der Waals surface area contributed by atoms with E-state index in [0.29, 0.717) is 5.92 Å². The van der Waals surface area contributed by atoms with Crippen LogP contribution in [0.1, 0.15) is 39.5 Å². The van der Waals surface area contributed by atoms with Crippen LogP contribution in [0.2, 0.25) is 0 Å². The summed E-state index contributed by atoms with van der Waals surface area (Å²) < 4.78 is 0. The van der Waals surface area contributed by atoms with E-state index >= 15 is 0 Å². The third-order valence-electron chi connectivity index (χ3n) is 2.72. The zero-order chi connectivity index (χ0) is 10.6. The number of nitrogens with zero attached hydrogens (tertiary/aromatic N) is 2. The summed E-state index contributed by atoms with van der Waals surface area (Å²) >= 11 is 0. The molecular weight excluding hydrogens is 172 g/mol. The van der Waals surface area contributed by atoms with Crippen LogP contribution < -0.4 is 0 Å². The Morgan fingerprint density at radius 3 is 2.50 bits per heavy atom. The SMILES string of the molecule is C#CCCC1(CCC(=C)C(C)C)N=N1. The van der Waals surface area contributed by atoms with Crippen LogP contribution in [0.3, 0.4) is 0 Å². The Bertz CT molecular complexity index is 275. The van der Waals surface area contributed by atoms with Crippen molar-refractivity contribution in [3.05, 3.63) is 12.2 Å². The molecule has 0 aromatic rings. The molecule has 0 aromatic carbocycles. The third kappa shape index (κ3) is 2.99. The normalized spacial score (nSPS) is 16.7. The van der Waals surface area contributed by atoms with Gasteiger partial charge in [-0.25, -0.2) is 0 Å². The van der Waals surface area contributed by atoms with Crippen molar-refractivity contribution in [1.82, 2.24) is 0 Å². The van der Waals surface area contributed by atoms with Crippen molar-refractivity contribution in [3.63, 3.8) is 0 Å². The van der Waals surface area contributed by atoms with Crippen molar-refractivity contribution in [2.75, 3.05) is 0 Å². The first kappa shape index (κ1) is 11.0. The lowest BCUT2D eigenvalue weighted by atomic mass is 9.94. The van der Waals surface area contributed by atoms with Gasteiger partial charge < -0.3 is 0 Å². The Labute approximate surface area is 86.5 Å². The van der Waals surface area contributed by atoms with Crippen molar-refractivity contribution in [3.8, 4) is 12.3 Å². The Kier molecular flexibility index (Phi) is 3.46. The maximum atomic E-state index is 5.22. The molecule has 2 heteroatoms. The minimum Gasteiger partial charge on any atom is -0.159 e. The monoisotopic (exact) mass is 190 g/mol. The lowest BCUT2D eigenvalue weighted by Crippen LogP contribution is -2.11. The molecule has 0 aliphatic carbocycles. The van der Waals surface area contributed by atoms with Gasteiger partial charge in [-0.2, -0.15) is 10.2 Å². The summed E-state index contributed by atoms with van der Waals surface area (Å²) in [4.78, 5) is 0. The zero-order valence-corrected chi connectivity index (χ0v) is 9.08. The van der Waals surface area contributed by atoms with Crippen molar-refractivity contribution in [2.45, 2.75) is 45.2 Å². The van der Waals surface area contributed by atoms with Crippen LogP contribution in [0.4, 0.5) is 0 Å². The van der Waals surface area contributed by atoms with Gasteiger partial charge in [0.05, 0.1) is 0 Å². The Morgan fingerprint density at radius 2 is 2.07 bits per heavy atom. The third-order valence-corrected chi connectivity index (χ3v) is 2.72. The highest BCUT2D eigenvalue weighted by atomic mass is 15.4. The first-order chi connectivity index (χ1) is 6.59. The van der Waals surface area contributed by atoms with Gasteiger partial charge >= 0.3 is 0 Å². The van der Waals surface area contributed by atoms with Gasteiger partial charge in [-0.05, 0) is 12.3 Å². The molecule has 0 spiro atoms. The fourth-order valence-electron chi connectivity index (χ4n) is 1.32. The predicted molar refractivity (Wildman–Crippen MR) is 58.9 cm³/mol. The van der Waals surface area contributed by atoms with E-state index in [0.717, 1.165) is 25.7 Å². The summed E-state index contributed by atoms with van der Waals surface area (Å²) in [6, 6.07) is 0. The molecule has 0 radical (unpaired) electrons. The highest BCUT2D eigenvalue weighted by molar-refractivity contribution is 5.04. The van der Waals surface area contributed by atoms with E-state index in [1.807, 2.05) is 0 Å². The molecule has 0 saturated carbocycles. The Morgan fingerprint density at radius 1 is 1.43 bits per heavy atom. The van der Waals surface area contributed by atoms with Crippen LogP contribution >= 0.6 is 0 Å². The molecule has 76 valence electrons. The average Bonchev–Trinajstić information content (AvgIpc) is 2.92. The second kappa shape index (κ2) is 4.41. The number of hydrogen-bond donors (Lipinski definition) is 0. The summed E-state index contributed by atoms with van der Waals surface area (Å²) in [6.07, 6.45) is 8.87. The molecule has 0 amide bonds. The Balaban J connectivity index is 2.25. The van der Waals surface area contributed by atoms with E-state index in [2.05, 4.69) is 36.6 Å². The molecule has 0 saturated heterocycles. The van der Waals surface area contributed by atoms with Gasteiger partial charge in [0.15, 0.2) is 5.66 Å². The fourth-order valence-corrected chi connectivity index (χ4v) is 1.32. The minimum atomic E-state index is -0.135. The van der Waals surface area contributed by atoms with Crippen LogP contribution in [0.5, 0.6) is 0 Å².